The second kappa shape index (κ2) is 20.4. The summed E-state index contributed by atoms with van der Waals surface area (Å²) in [4.78, 5) is 0. The first-order valence-corrected chi connectivity index (χ1v) is 21.1. The van der Waals surface area contributed by atoms with Crippen molar-refractivity contribution in [3.8, 4) is 0 Å². The molecule has 4 aromatic rings. The summed E-state index contributed by atoms with van der Waals surface area (Å²) in [5, 5.41) is -1.36. The smallest absolute Gasteiger partial charge is 0.336 e. The third-order valence-corrected chi connectivity index (χ3v) is 14.4. The molecule has 0 saturated heterocycles. The summed E-state index contributed by atoms with van der Waals surface area (Å²) in [6, 6.07) is 39.1. The lowest BCUT2D eigenvalue weighted by atomic mass is 10.1. The molecule has 0 spiro atoms. The fourth-order valence-electron chi connectivity index (χ4n) is 5.61. The van der Waals surface area contributed by atoms with Crippen LogP contribution in [0.25, 0.3) is 0 Å². The molecule has 0 aromatic heterocycles. The van der Waals surface area contributed by atoms with Gasteiger partial charge in [0.25, 0.3) is 0 Å². The van der Waals surface area contributed by atoms with Crippen LogP contribution in [0.1, 0.15) is 88.5 Å². The molecule has 4 rings (SSSR count). The third-order valence-electron chi connectivity index (χ3n) is 9.11. The highest BCUT2D eigenvalue weighted by Gasteiger charge is 2.44. The Hall–Kier alpha value is -2.86. The average molecular weight is 735 g/mol. The lowest BCUT2D eigenvalue weighted by Gasteiger charge is -2.33. The zero-order valence-corrected chi connectivity index (χ0v) is 32.6. The van der Waals surface area contributed by atoms with E-state index >= 15 is 0 Å². The topological polar surface area (TPSA) is 80.3 Å². The summed E-state index contributed by atoms with van der Waals surface area (Å²) < 4.78 is 59.0. The van der Waals surface area contributed by atoms with Crippen LogP contribution in [0.2, 0.25) is 0 Å². The van der Waals surface area contributed by atoms with Gasteiger partial charge in [-0.3, -0.25) is 9.13 Å². The highest BCUT2D eigenvalue weighted by Crippen LogP contribution is 2.63. The third kappa shape index (κ3) is 13.3. The summed E-state index contributed by atoms with van der Waals surface area (Å²) in [6.45, 7) is 10.0. The van der Waals surface area contributed by atoms with Crippen LogP contribution in [-0.4, -0.2) is 23.5 Å². The molecular weight excluding hydrogens is 678 g/mol. The highest BCUT2D eigenvalue weighted by molar-refractivity contribution is 7.55. The van der Waals surface area contributed by atoms with Crippen LogP contribution in [0.5, 0.6) is 0 Å². The van der Waals surface area contributed by atoms with Crippen LogP contribution in [0.3, 0.4) is 0 Å². The minimum atomic E-state index is -3.48. The van der Waals surface area contributed by atoms with Crippen LogP contribution in [0, 0.1) is 0 Å². The van der Waals surface area contributed by atoms with Gasteiger partial charge in [0.1, 0.15) is 0 Å². The van der Waals surface area contributed by atoms with Crippen molar-refractivity contribution in [2.75, 3.05) is 13.2 Å². The van der Waals surface area contributed by atoms with E-state index in [-0.39, 0.29) is 26.4 Å². The monoisotopic (exact) mass is 734 g/mol. The zero-order valence-electron chi connectivity index (χ0n) is 30.8. The predicted octanol–water partition coefficient (Wildman–Crippen LogP) is 12.2. The molecule has 0 fully saturated rings. The minimum absolute atomic E-state index is 0.226. The number of ether oxygens (including phenoxy) is 1. The number of benzene rings is 4. The summed E-state index contributed by atoms with van der Waals surface area (Å²) in [5.41, 5.74) is 3.82. The van der Waals surface area contributed by atoms with Crippen molar-refractivity contribution in [2.24, 2.45) is 0 Å². The van der Waals surface area contributed by atoms with Crippen molar-refractivity contribution in [3.05, 3.63) is 144 Å². The Balaban J connectivity index is 1.21. The summed E-state index contributed by atoms with van der Waals surface area (Å²) >= 11 is 0. The quantitative estimate of drug-likeness (QED) is 0.0524. The maximum atomic E-state index is 14.3. The van der Waals surface area contributed by atoms with Crippen molar-refractivity contribution in [1.82, 2.24) is 0 Å². The normalized spacial score (nSPS) is 12.6. The lowest BCUT2D eigenvalue weighted by molar-refractivity contribution is 0.122. The van der Waals surface area contributed by atoms with Crippen LogP contribution < -0.4 is 0 Å². The first-order valence-electron chi connectivity index (χ1n) is 18.0. The summed E-state index contributed by atoms with van der Waals surface area (Å²) in [5.74, 6) is 0. The first-order chi connectivity index (χ1) is 24.5. The Labute approximate surface area is 306 Å². The van der Waals surface area contributed by atoms with E-state index in [1.807, 2.05) is 149 Å². The van der Waals surface area contributed by atoms with E-state index in [0.717, 1.165) is 47.9 Å². The molecule has 0 aliphatic heterocycles. The van der Waals surface area contributed by atoms with Gasteiger partial charge in [0.2, 0.25) is 0 Å². The van der Waals surface area contributed by atoms with E-state index in [9.17, 15) is 9.13 Å². The average Bonchev–Trinajstić information content (AvgIpc) is 3.15. The molecule has 0 radical (unpaired) electrons. The molecular formula is C42H56O7P2. The van der Waals surface area contributed by atoms with E-state index < -0.39 is 25.5 Å². The van der Waals surface area contributed by atoms with Crippen molar-refractivity contribution in [1.29, 1.82) is 0 Å². The van der Waals surface area contributed by atoms with Gasteiger partial charge in [-0.25, -0.2) is 0 Å². The van der Waals surface area contributed by atoms with Gasteiger partial charge >= 0.3 is 15.2 Å². The largest absolute Gasteiger partial charge is 0.381 e. The Kier molecular flexibility index (Phi) is 16.4. The molecule has 0 N–H and O–H groups in total. The Morgan fingerprint density at radius 3 is 0.922 bits per heavy atom. The molecule has 0 aliphatic rings. The zero-order chi connectivity index (χ0) is 36.5. The minimum Gasteiger partial charge on any atom is -0.381 e. The maximum absolute atomic E-state index is 14.3. The molecule has 51 heavy (non-hydrogen) atoms. The standard InChI is InChI=1S/C42H56O7P2/c1-41(2,50(43,46-33-37-21-9-5-10-22-37)47-34-38-23-11-6-12-24-38)29-17-19-31-45-32-20-18-30-42(3,4)51(44,48-35-39-25-13-7-14-26-39)49-36-40-27-15-8-16-28-40/h5-16,21-28H,17-20,29-36H2,1-4H3. The number of unbranched alkanes of at least 4 members (excludes halogenated alkanes) is 2. The van der Waals surface area contributed by atoms with Crippen molar-refractivity contribution >= 4 is 15.2 Å². The Morgan fingerprint density at radius 1 is 0.412 bits per heavy atom. The number of hydrogen-bond acceptors (Lipinski definition) is 7. The lowest BCUT2D eigenvalue weighted by Crippen LogP contribution is -2.24. The van der Waals surface area contributed by atoms with E-state index in [1.165, 1.54) is 0 Å². The van der Waals surface area contributed by atoms with Crippen LogP contribution in [-0.2, 0) is 58.4 Å². The fourth-order valence-corrected chi connectivity index (χ4v) is 9.29. The van der Waals surface area contributed by atoms with Gasteiger partial charge < -0.3 is 22.8 Å². The highest BCUT2D eigenvalue weighted by atomic mass is 31.2. The maximum Gasteiger partial charge on any atom is 0.336 e. The molecule has 0 atom stereocenters. The molecule has 0 unspecified atom stereocenters. The molecule has 7 nitrogen and oxygen atoms in total. The van der Waals surface area contributed by atoms with E-state index in [1.54, 1.807) is 0 Å². The van der Waals surface area contributed by atoms with Gasteiger partial charge in [-0.15, -0.1) is 0 Å². The molecule has 0 aliphatic carbocycles. The molecule has 0 saturated carbocycles. The first kappa shape index (κ1) is 40.9. The number of hydrogen-bond donors (Lipinski definition) is 0. The van der Waals surface area contributed by atoms with Crippen molar-refractivity contribution in [3.63, 3.8) is 0 Å². The molecule has 0 heterocycles. The summed E-state index contributed by atoms with van der Waals surface area (Å²) in [7, 11) is -6.97. The molecule has 0 amide bonds. The Bertz CT molecular complexity index is 1410. The molecule has 4 aromatic carbocycles. The van der Waals surface area contributed by atoms with Crippen LogP contribution >= 0.6 is 15.2 Å². The summed E-state index contributed by atoms with van der Waals surface area (Å²) in [6.07, 6.45) is 4.67. The van der Waals surface area contributed by atoms with Gasteiger partial charge in [0.15, 0.2) is 0 Å². The van der Waals surface area contributed by atoms with Gasteiger partial charge in [0, 0.05) is 13.2 Å². The van der Waals surface area contributed by atoms with Crippen molar-refractivity contribution < 1.29 is 32.0 Å². The SMILES string of the molecule is CC(C)(CCCCOCCCCC(C)(C)P(=O)(OCc1ccccc1)OCc1ccccc1)P(=O)(OCc1ccccc1)OCc1ccccc1. The van der Waals surface area contributed by atoms with Crippen LogP contribution in [0.15, 0.2) is 121 Å². The fraction of sp³-hybridized carbons (Fsp3) is 0.429. The van der Waals surface area contributed by atoms with Crippen LogP contribution in [0.4, 0.5) is 0 Å². The van der Waals surface area contributed by atoms with E-state index in [4.69, 9.17) is 22.8 Å². The van der Waals surface area contributed by atoms with Gasteiger partial charge in [0.05, 0.1) is 36.7 Å². The van der Waals surface area contributed by atoms with Gasteiger partial charge in [-0.1, -0.05) is 121 Å². The molecule has 9 heteroatoms. The molecule has 276 valence electrons. The van der Waals surface area contributed by atoms with Crippen molar-refractivity contribution in [2.45, 2.75) is 103 Å². The van der Waals surface area contributed by atoms with E-state index in [0.29, 0.717) is 26.1 Å². The molecule has 0 bridgehead atoms. The van der Waals surface area contributed by atoms with Gasteiger partial charge in [-0.2, -0.15) is 0 Å². The predicted molar refractivity (Wildman–Crippen MR) is 207 cm³/mol. The second-order valence-electron chi connectivity index (χ2n) is 14.2. The second-order valence-corrected chi connectivity index (χ2v) is 19.6. The number of rotatable bonds is 24. The van der Waals surface area contributed by atoms with E-state index in [2.05, 4.69) is 0 Å². The Morgan fingerprint density at radius 2 is 0.667 bits per heavy atom. The van der Waals surface area contributed by atoms with Gasteiger partial charge in [-0.05, 0) is 88.5 Å².